The lowest BCUT2D eigenvalue weighted by Crippen LogP contribution is -2.00. The molecule has 0 aliphatic carbocycles. The highest BCUT2D eigenvalue weighted by Gasteiger charge is 2.07. The van der Waals surface area contributed by atoms with Crippen molar-refractivity contribution in [2.24, 2.45) is 0 Å². The molecule has 0 amide bonds. The summed E-state index contributed by atoms with van der Waals surface area (Å²) in [4.78, 5) is 4.60. The van der Waals surface area contributed by atoms with Gasteiger partial charge in [-0.1, -0.05) is 0 Å². The van der Waals surface area contributed by atoms with Gasteiger partial charge in [-0.05, 0) is 43.7 Å². The fraction of sp³-hybridized carbons (Fsp3) is 0.235. The summed E-state index contributed by atoms with van der Waals surface area (Å²) in [7, 11) is 1.66. The molecule has 2 heterocycles. The molecule has 0 saturated heterocycles. The van der Waals surface area contributed by atoms with Gasteiger partial charge >= 0.3 is 0 Å². The van der Waals surface area contributed by atoms with Crippen molar-refractivity contribution in [3.63, 3.8) is 0 Å². The Morgan fingerprint density at radius 2 is 1.87 bits per heavy atom. The molecule has 0 unspecified atom stereocenters. The Kier molecular flexibility index (Phi) is 4.52. The average molecular weight is 327 g/mol. The molecular weight excluding hydrogens is 310 g/mol. The first-order valence-electron chi connectivity index (χ1n) is 7.18. The van der Waals surface area contributed by atoms with Crippen molar-refractivity contribution in [3.8, 4) is 22.2 Å². The molecule has 0 N–H and O–H groups in total. The number of rotatable bonds is 5. The number of methoxy groups -OCH3 is 1. The van der Waals surface area contributed by atoms with Gasteiger partial charge in [0.2, 0.25) is 5.88 Å². The Balaban J connectivity index is 1.67. The highest BCUT2D eigenvalue weighted by atomic mass is 32.1. The Morgan fingerprint density at radius 3 is 2.57 bits per heavy atom. The van der Waals surface area contributed by atoms with Crippen LogP contribution >= 0.6 is 11.3 Å². The topological polar surface area (TPSA) is 57.1 Å². The van der Waals surface area contributed by atoms with E-state index in [1.807, 2.05) is 49.6 Å². The van der Waals surface area contributed by atoms with Gasteiger partial charge in [-0.25, -0.2) is 4.98 Å². The van der Waals surface area contributed by atoms with Crippen LogP contribution in [0.3, 0.4) is 0 Å². The largest absolute Gasteiger partial charge is 0.497 e. The second-order valence-electron chi connectivity index (χ2n) is 5.11. The molecule has 0 saturated carbocycles. The van der Waals surface area contributed by atoms with Gasteiger partial charge < -0.3 is 9.47 Å². The molecule has 6 heteroatoms. The summed E-state index contributed by atoms with van der Waals surface area (Å²) in [6, 6.07) is 9.74. The number of aryl methyl sites for hydroxylation is 2. The van der Waals surface area contributed by atoms with Crippen LogP contribution in [0.5, 0.6) is 11.6 Å². The summed E-state index contributed by atoms with van der Waals surface area (Å²) in [5.41, 5.74) is 3.91. The molecule has 3 rings (SSSR count). The van der Waals surface area contributed by atoms with E-state index in [1.54, 1.807) is 18.4 Å². The Morgan fingerprint density at radius 1 is 1.09 bits per heavy atom. The highest BCUT2D eigenvalue weighted by Crippen LogP contribution is 2.26. The lowest BCUT2D eigenvalue weighted by atomic mass is 10.2. The molecule has 1 aromatic carbocycles. The minimum atomic E-state index is 0.379. The van der Waals surface area contributed by atoms with Gasteiger partial charge in [-0.3, -0.25) is 0 Å². The van der Waals surface area contributed by atoms with Crippen molar-refractivity contribution in [1.82, 2.24) is 15.2 Å². The summed E-state index contributed by atoms with van der Waals surface area (Å²) in [5.74, 6) is 1.36. The van der Waals surface area contributed by atoms with Gasteiger partial charge in [0.15, 0.2) is 0 Å². The van der Waals surface area contributed by atoms with E-state index in [0.29, 0.717) is 12.5 Å². The molecule has 23 heavy (non-hydrogen) atoms. The number of hydrogen-bond acceptors (Lipinski definition) is 6. The second-order valence-corrected chi connectivity index (χ2v) is 5.97. The first-order chi connectivity index (χ1) is 11.2. The number of hydrogen-bond donors (Lipinski definition) is 0. The molecule has 0 spiro atoms. The molecule has 0 radical (unpaired) electrons. The van der Waals surface area contributed by atoms with E-state index in [9.17, 15) is 0 Å². The van der Waals surface area contributed by atoms with Crippen molar-refractivity contribution < 1.29 is 9.47 Å². The van der Waals surface area contributed by atoms with Crippen LogP contribution in [-0.2, 0) is 6.61 Å². The SMILES string of the molecule is COc1ccc(-c2nc(COc3cc(C)c(C)nn3)cs2)cc1. The van der Waals surface area contributed by atoms with Crippen molar-refractivity contribution >= 4 is 11.3 Å². The molecule has 0 bridgehead atoms. The van der Waals surface area contributed by atoms with Gasteiger partial charge in [0.25, 0.3) is 0 Å². The Labute approximate surface area is 139 Å². The molecule has 0 aliphatic heterocycles. The molecule has 5 nitrogen and oxygen atoms in total. The fourth-order valence-electron chi connectivity index (χ4n) is 1.98. The third kappa shape index (κ3) is 3.65. The van der Waals surface area contributed by atoms with E-state index in [-0.39, 0.29) is 0 Å². The van der Waals surface area contributed by atoms with Crippen molar-refractivity contribution in [2.45, 2.75) is 20.5 Å². The van der Waals surface area contributed by atoms with E-state index in [2.05, 4.69) is 15.2 Å². The van der Waals surface area contributed by atoms with Crippen LogP contribution in [0.1, 0.15) is 17.0 Å². The number of ether oxygens (including phenoxy) is 2. The van der Waals surface area contributed by atoms with E-state index >= 15 is 0 Å². The number of benzene rings is 1. The molecular formula is C17H17N3O2S. The zero-order chi connectivity index (χ0) is 16.2. The van der Waals surface area contributed by atoms with Gasteiger partial charge in [-0.2, -0.15) is 5.10 Å². The molecule has 2 aromatic heterocycles. The Bertz CT molecular complexity index is 800. The third-order valence-corrected chi connectivity index (χ3v) is 4.41. The first kappa shape index (κ1) is 15.4. The molecule has 0 atom stereocenters. The number of thiazole rings is 1. The summed E-state index contributed by atoms with van der Waals surface area (Å²) in [5, 5.41) is 11.0. The maximum atomic E-state index is 5.66. The summed E-state index contributed by atoms with van der Waals surface area (Å²) >= 11 is 1.59. The summed E-state index contributed by atoms with van der Waals surface area (Å²) in [6.45, 7) is 4.29. The van der Waals surface area contributed by atoms with E-state index < -0.39 is 0 Å². The van der Waals surface area contributed by atoms with E-state index in [4.69, 9.17) is 9.47 Å². The maximum absolute atomic E-state index is 5.66. The average Bonchev–Trinajstić information content (AvgIpc) is 3.05. The predicted octanol–water partition coefficient (Wildman–Crippen LogP) is 3.80. The lowest BCUT2D eigenvalue weighted by Gasteiger charge is -2.04. The number of nitrogens with zero attached hydrogens (tertiary/aromatic N) is 3. The lowest BCUT2D eigenvalue weighted by molar-refractivity contribution is 0.286. The predicted molar refractivity (Wildman–Crippen MR) is 89.9 cm³/mol. The summed E-state index contributed by atoms with van der Waals surface area (Å²) in [6.07, 6.45) is 0. The zero-order valence-electron chi connectivity index (χ0n) is 13.2. The van der Waals surface area contributed by atoms with E-state index in [0.717, 1.165) is 33.3 Å². The fourth-order valence-corrected chi connectivity index (χ4v) is 2.79. The van der Waals surface area contributed by atoms with Crippen LogP contribution in [0.2, 0.25) is 0 Å². The van der Waals surface area contributed by atoms with Gasteiger partial charge in [0.1, 0.15) is 17.4 Å². The zero-order valence-corrected chi connectivity index (χ0v) is 14.1. The van der Waals surface area contributed by atoms with Crippen LogP contribution in [0.15, 0.2) is 35.7 Å². The minimum absolute atomic E-state index is 0.379. The van der Waals surface area contributed by atoms with Crippen molar-refractivity contribution in [2.75, 3.05) is 7.11 Å². The minimum Gasteiger partial charge on any atom is -0.497 e. The van der Waals surface area contributed by atoms with Gasteiger partial charge in [0.05, 0.1) is 18.5 Å². The van der Waals surface area contributed by atoms with Crippen LogP contribution < -0.4 is 9.47 Å². The highest BCUT2D eigenvalue weighted by molar-refractivity contribution is 7.13. The summed E-state index contributed by atoms with van der Waals surface area (Å²) < 4.78 is 10.8. The number of aromatic nitrogens is 3. The van der Waals surface area contributed by atoms with Crippen molar-refractivity contribution in [1.29, 1.82) is 0 Å². The van der Waals surface area contributed by atoms with Crippen LogP contribution in [0, 0.1) is 13.8 Å². The maximum Gasteiger partial charge on any atom is 0.234 e. The van der Waals surface area contributed by atoms with Crippen LogP contribution in [0.25, 0.3) is 10.6 Å². The third-order valence-electron chi connectivity index (χ3n) is 3.47. The first-order valence-corrected chi connectivity index (χ1v) is 8.06. The quantitative estimate of drug-likeness (QED) is 0.713. The van der Waals surface area contributed by atoms with E-state index in [1.165, 1.54) is 0 Å². The molecule has 118 valence electrons. The Hall–Kier alpha value is -2.47. The molecule has 3 aromatic rings. The molecule has 0 aliphatic rings. The second kappa shape index (κ2) is 6.75. The monoisotopic (exact) mass is 327 g/mol. The normalized spacial score (nSPS) is 10.6. The van der Waals surface area contributed by atoms with Crippen molar-refractivity contribution in [3.05, 3.63) is 52.7 Å². The van der Waals surface area contributed by atoms with Crippen LogP contribution in [-0.4, -0.2) is 22.3 Å². The molecule has 0 fully saturated rings. The van der Waals surface area contributed by atoms with Gasteiger partial charge in [0, 0.05) is 17.0 Å². The standard InChI is InChI=1S/C17H17N3O2S/c1-11-8-16(20-19-12(11)2)22-9-14-10-23-17(18-14)13-4-6-15(21-3)7-5-13/h4-8,10H,9H2,1-3H3. The van der Waals surface area contributed by atoms with Crippen LogP contribution in [0.4, 0.5) is 0 Å². The van der Waals surface area contributed by atoms with Gasteiger partial charge in [-0.15, -0.1) is 16.4 Å². The smallest absolute Gasteiger partial charge is 0.234 e.